The molecule has 0 saturated carbocycles. The Labute approximate surface area is 99.7 Å². The van der Waals surface area contributed by atoms with E-state index < -0.39 is 6.09 Å². The SMILES string of the molecule is Cc1cc(CCO)nc2c1CCCN2C(=O)O. The van der Waals surface area contributed by atoms with Gasteiger partial charge in [0, 0.05) is 25.3 Å². The summed E-state index contributed by atoms with van der Waals surface area (Å²) in [6.45, 7) is 2.49. The monoisotopic (exact) mass is 236 g/mol. The van der Waals surface area contributed by atoms with Gasteiger partial charge < -0.3 is 10.2 Å². The Bertz CT molecular complexity index is 446. The molecule has 0 radical (unpaired) electrons. The number of carbonyl (C=O) groups is 1. The number of aliphatic hydroxyl groups is 1. The van der Waals surface area contributed by atoms with E-state index in [2.05, 4.69) is 4.98 Å². The number of pyridine rings is 1. The summed E-state index contributed by atoms with van der Waals surface area (Å²) in [4.78, 5) is 16.8. The van der Waals surface area contributed by atoms with E-state index in [1.54, 1.807) is 0 Å². The van der Waals surface area contributed by atoms with Gasteiger partial charge in [-0.2, -0.15) is 0 Å². The minimum Gasteiger partial charge on any atom is -0.465 e. The summed E-state index contributed by atoms with van der Waals surface area (Å²) in [5.74, 6) is 0.548. The topological polar surface area (TPSA) is 73.7 Å². The van der Waals surface area contributed by atoms with Gasteiger partial charge >= 0.3 is 6.09 Å². The Morgan fingerprint density at radius 3 is 3.00 bits per heavy atom. The van der Waals surface area contributed by atoms with Crippen molar-refractivity contribution in [3.63, 3.8) is 0 Å². The van der Waals surface area contributed by atoms with E-state index in [-0.39, 0.29) is 6.61 Å². The quantitative estimate of drug-likeness (QED) is 0.813. The van der Waals surface area contributed by atoms with Crippen LogP contribution in [-0.4, -0.2) is 34.4 Å². The lowest BCUT2D eigenvalue weighted by molar-refractivity contribution is 0.201. The predicted octanol–water partition coefficient (Wildman–Crippen LogP) is 1.36. The zero-order chi connectivity index (χ0) is 12.4. The molecule has 17 heavy (non-hydrogen) atoms. The molecule has 92 valence electrons. The van der Waals surface area contributed by atoms with Gasteiger partial charge in [0.05, 0.1) is 0 Å². The number of carboxylic acid groups (broad SMARTS) is 1. The molecule has 0 saturated heterocycles. The third-order valence-electron chi connectivity index (χ3n) is 3.04. The lowest BCUT2D eigenvalue weighted by Crippen LogP contribution is -2.35. The van der Waals surface area contributed by atoms with Crippen molar-refractivity contribution in [2.45, 2.75) is 26.2 Å². The zero-order valence-electron chi connectivity index (χ0n) is 9.81. The maximum Gasteiger partial charge on any atom is 0.413 e. The summed E-state index contributed by atoms with van der Waals surface area (Å²) in [5.41, 5.74) is 2.82. The number of nitrogens with zero attached hydrogens (tertiary/aromatic N) is 2. The van der Waals surface area contributed by atoms with Crippen molar-refractivity contribution in [2.24, 2.45) is 0 Å². The highest BCUT2D eigenvalue weighted by Crippen LogP contribution is 2.28. The lowest BCUT2D eigenvalue weighted by Gasteiger charge is -2.27. The predicted molar refractivity (Wildman–Crippen MR) is 63.5 cm³/mol. The number of hydrogen-bond acceptors (Lipinski definition) is 3. The first-order chi connectivity index (χ1) is 8.13. The van der Waals surface area contributed by atoms with Gasteiger partial charge in [-0.1, -0.05) is 0 Å². The van der Waals surface area contributed by atoms with Crippen molar-refractivity contribution >= 4 is 11.9 Å². The smallest absolute Gasteiger partial charge is 0.413 e. The van der Waals surface area contributed by atoms with Crippen LogP contribution < -0.4 is 4.90 Å². The fraction of sp³-hybridized carbons (Fsp3) is 0.500. The van der Waals surface area contributed by atoms with Crippen LogP contribution in [0.2, 0.25) is 0 Å². The average Bonchev–Trinajstić information content (AvgIpc) is 2.28. The first-order valence-electron chi connectivity index (χ1n) is 5.74. The van der Waals surface area contributed by atoms with Gasteiger partial charge in [0.15, 0.2) is 0 Å². The summed E-state index contributed by atoms with van der Waals surface area (Å²) in [6.07, 6.45) is 1.21. The molecule has 0 fully saturated rings. The third kappa shape index (κ3) is 2.24. The maximum absolute atomic E-state index is 11.1. The largest absolute Gasteiger partial charge is 0.465 e. The first kappa shape index (κ1) is 11.9. The number of aryl methyl sites for hydroxylation is 1. The number of aromatic nitrogens is 1. The molecule has 0 atom stereocenters. The van der Waals surface area contributed by atoms with Gasteiger partial charge in [-0.3, -0.25) is 4.90 Å². The van der Waals surface area contributed by atoms with Crippen LogP contribution >= 0.6 is 0 Å². The second-order valence-electron chi connectivity index (χ2n) is 4.24. The number of rotatable bonds is 2. The molecule has 2 heterocycles. The highest BCUT2D eigenvalue weighted by molar-refractivity contribution is 5.86. The van der Waals surface area contributed by atoms with Gasteiger partial charge in [0.25, 0.3) is 0 Å². The Hall–Kier alpha value is -1.62. The second-order valence-corrected chi connectivity index (χ2v) is 4.24. The van der Waals surface area contributed by atoms with Crippen LogP contribution in [-0.2, 0) is 12.8 Å². The minimum atomic E-state index is -0.959. The van der Waals surface area contributed by atoms with E-state index in [4.69, 9.17) is 10.2 Å². The van der Waals surface area contributed by atoms with Gasteiger partial charge in [-0.25, -0.2) is 9.78 Å². The molecule has 5 heteroatoms. The molecular formula is C12H16N2O3. The van der Waals surface area contributed by atoms with Crippen LogP contribution in [0.4, 0.5) is 10.6 Å². The van der Waals surface area contributed by atoms with Crippen molar-refractivity contribution in [1.82, 2.24) is 4.98 Å². The summed E-state index contributed by atoms with van der Waals surface area (Å²) in [7, 11) is 0. The van der Waals surface area contributed by atoms with E-state index in [0.717, 1.165) is 29.7 Å². The van der Waals surface area contributed by atoms with Gasteiger partial charge in [-0.15, -0.1) is 0 Å². The molecule has 2 N–H and O–H groups in total. The number of fused-ring (bicyclic) bond motifs is 1. The van der Waals surface area contributed by atoms with E-state index >= 15 is 0 Å². The number of amides is 1. The minimum absolute atomic E-state index is 0.0261. The van der Waals surface area contributed by atoms with E-state index in [9.17, 15) is 4.79 Å². The van der Waals surface area contributed by atoms with Crippen molar-refractivity contribution in [3.8, 4) is 0 Å². The molecule has 1 aliphatic heterocycles. The fourth-order valence-corrected chi connectivity index (χ4v) is 2.23. The maximum atomic E-state index is 11.1. The van der Waals surface area contributed by atoms with E-state index in [1.165, 1.54) is 4.90 Å². The van der Waals surface area contributed by atoms with E-state index in [1.807, 2.05) is 13.0 Å². The van der Waals surface area contributed by atoms with Crippen LogP contribution in [0.1, 0.15) is 23.2 Å². The highest BCUT2D eigenvalue weighted by atomic mass is 16.4. The molecule has 1 aliphatic rings. The zero-order valence-corrected chi connectivity index (χ0v) is 9.81. The summed E-state index contributed by atoms with van der Waals surface area (Å²) >= 11 is 0. The number of hydrogen-bond donors (Lipinski definition) is 2. The molecular weight excluding hydrogens is 220 g/mol. The van der Waals surface area contributed by atoms with Crippen molar-refractivity contribution in [2.75, 3.05) is 18.1 Å². The third-order valence-corrected chi connectivity index (χ3v) is 3.04. The Morgan fingerprint density at radius 1 is 1.59 bits per heavy atom. The van der Waals surface area contributed by atoms with Crippen LogP contribution in [0.5, 0.6) is 0 Å². The molecule has 0 bridgehead atoms. The van der Waals surface area contributed by atoms with Crippen LogP contribution in [0.15, 0.2) is 6.07 Å². The molecule has 1 aromatic heterocycles. The second kappa shape index (κ2) is 4.71. The Morgan fingerprint density at radius 2 is 2.35 bits per heavy atom. The summed E-state index contributed by atoms with van der Waals surface area (Å²) in [6, 6.07) is 1.93. The number of anilines is 1. The van der Waals surface area contributed by atoms with E-state index in [0.29, 0.717) is 18.8 Å². The van der Waals surface area contributed by atoms with Crippen LogP contribution in [0.3, 0.4) is 0 Å². The van der Waals surface area contributed by atoms with Crippen LogP contribution in [0.25, 0.3) is 0 Å². The summed E-state index contributed by atoms with van der Waals surface area (Å²) in [5, 5.41) is 18.1. The standard InChI is InChI=1S/C12H16N2O3/c1-8-7-9(4-6-15)13-11-10(8)3-2-5-14(11)12(16)17/h7,15H,2-6H2,1H3,(H,16,17). The molecule has 0 spiro atoms. The molecule has 2 rings (SSSR count). The van der Waals surface area contributed by atoms with Crippen molar-refractivity contribution in [1.29, 1.82) is 0 Å². The Kier molecular flexibility index (Phi) is 3.28. The molecule has 0 unspecified atom stereocenters. The van der Waals surface area contributed by atoms with Gasteiger partial charge in [-0.05, 0) is 37.0 Å². The number of aliphatic hydroxyl groups excluding tert-OH is 1. The molecule has 1 amide bonds. The lowest BCUT2D eigenvalue weighted by atomic mass is 10.00. The van der Waals surface area contributed by atoms with Crippen molar-refractivity contribution in [3.05, 3.63) is 22.9 Å². The molecule has 0 aliphatic carbocycles. The van der Waals surface area contributed by atoms with Gasteiger partial charge in [0.2, 0.25) is 0 Å². The molecule has 1 aromatic rings. The van der Waals surface area contributed by atoms with Gasteiger partial charge in [0.1, 0.15) is 5.82 Å². The summed E-state index contributed by atoms with van der Waals surface area (Å²) < 4.78 is 0. The molecule has 0 aromatic carbocycles. The normalized spacial score (nSPS) is 14.6. The van der Waals surface area contributed by atoms with Crippen LogP contribution in [0, 0.1) is 6.92 Å². The molecule has 5 nitrogen and oxygen atoms in total. The highest BCUT2D eigenvalue weighted by Gasteiger charge is 2.25. The van der Waals surface area contributed by atoms with Crippen molar-refractivity contribution < 1.29 is 15.0 Å². The average molecular weight is 236 g/mol. The first-order valence-corrected chi connectivity index (χ1v) is 5.74. The fourth-order valence-electron chi connectivity index (χ4n) is 2.23. The Balaban J connectivity index is 2.47.